The topological polar surface area (TPSA) is 119 Å². The summed E-state index contributed by atoms with van der Waals surface area (Å²) in [5.74, 6) is 2.10. The number of hydrogen-bond donors (Lipinski definition) is 3. The number of urea groups is 1. The number of anilines is 4. The van der Waals surface area contributed by atoms with Crippen molar-refractivity contribution in [3.05, 3.63) is 52.8 Å². The van der Waals surface area contributed by atoms with Gasteiger partial charge in [0.15, 0.2) is 0 Å². The zero-order valence-corrected chi connectivity index (χ0v) is 22.4. The Morgan fingerprint density at radius 3 is 2.29 bits per heavy atom. The molecule has 13 heteroatoms. The molecule has 0 aliphatic carbocycles. The first-order chi connectivity index (χ1) is 18.5. The van der Waals surface area contributed by atoms with Gasteiger partial charge in [-0.1, -0.05) is 23.2 Å². The van der Waals surface area contributed by atoms with Crippen LogP contribution in [-0.2, 0) is 4.74 Å². The van der Waals surface area contributed by atoms with Gasteiger partial charge < -0.3 is 29.6 Å². The number of amides is 2. The van der Waals surface area contributed by atoms with Gasteiger partial charge in [-0.25, -0.2) is 14.8 Å². The van der Waals surface area contributed by atoms with Crippen LogP contribution in [0.1, 0.15) is 0 Å². The predicted molar refractivity (Wildman–Crippen MR) is 147 cm³/mol. The normalized spacial score (nSPS) is 13.5. The van der Waals surface area contributed by atoms with Gasteiger partial charge in [0.05, 0.1) is 33.1 Å². The lowest BCUT2D eigenvalue weighted by molar-refractivity contribution is 0.0322. The van der Waals surface area contributed by atoms with Gasteiger partial charge in [-0.3, -0.25) is 10.2 Å². The second kappa shape index (κ2) is 13.3. The van der Waals surface area contributed by atoms with Crippen LogP contribution in [0.5, 0.6) is 17.2 Å². The van der Waals surface area contributed by atoms with Crippen LogP contribution in [0.25, 0.3) is 0 Å². The smallest absolute Gasteiger partial charge is 0.324 e. The van der Waals surface area contributed by atoms with Gasteiger partial charge in [0.1, 0.15) is 51.9 Å². The summed E-state index contributed by atoms with van der Waals surface area (Å²) in [6.07, 6.45) is 1.33. The van der Waals surface area contributed by atoms with Crippen LogP contribution in [0.2, 0.25) is 10.0 Å². The van der Waals surface area contributed by atoms with Gasteiger partial charge in [0.25, 0.3) is 0 Å². The van der Waals surface area contributed by atoms with Crippen molar-refractivity contribution >= 4 is 52.2 Å². The van der Waals surface area contributed by atoms with E-state index in [2.05, 4.69) is 30.8 Å². The van der Waals surface area contributed by atoms with Crippen LogP contribution in [0.3, 0.4) is 0 Å². The van der Waals surface area contributed by atoms with E-state index in [1.807, 2.05) is 24.3 Å². The number of carbonyl (C=O) groups is 1. The Balaban J connectivity index is 1.32. The highest BCUT2D eigenvalue weighted by Crippen LogP contribution is 2.44. The van der Waals surface area contributed by atoms with E-state index in [-0.39, 0.29) is 21.6 Å². The second-order valence-corrected chi connectivity index (χ2v) is 8.86. The van der Waals surface area contributed by atoms with Crippen LogP contribution in [0.15, 0.2) is 42.7 Å². The Morgan fingerprint density at radius 2 is 1.63 bits per heavy atom. The van der Waals surface area contributed by atoms with Crippen molar-refractivity contribution in [1.29, 1.82) is 0 Å². The maximum Gasteiger partial charge on any atom is 0.324 e. The Hall–Kier alpha value is -3.51. The second-order valence-electron chi connectivity index (χ2n) is 8.10. The van der Waals surface area contributed by atoms with Gasteiger partial charge >= 0.3 is 6.03 Å². The number of morpholine rings is 1. The molecule has 11 nitrogen and oxygen atoms in total. The molecule has 1 aliphatic heterocycles. The fraction of sp³-hybridized carbons (Fsp3) is 0.320. The lowest BCUT2D eigenvalue weighted by Gasteiger charge is -2.26. The van der Waals surface area contributed by atoms with E-state index in [1.165, 1.54) is 26.6 Å². The van der Waals surface area contributed by atoms with Gasteiger partial charge in [-0.15, -0.1) is 0 Å². The summed E-state index contributed by atoms with van der Waals surface area (Å²) in [7, 11) is 2.89. The third-order valence-electron chi connectivity index (χ3n) is 5.63. The van der Waals surface area contributed by atoms with E-state index in [0.717, 1.165) is 44.3 Å². The lowest BCUT2D eigenvalue weighted by atomic mass is 10.2. The minimum atomic E-state index is -0.618. The third-order valence-corrected chi connectivity index (χ3v) is 6.38. The van der Waals surface area contributed by atoms with Crippen LogP contribution in [0, 0.1) is 0 Å². The number of methoxy groups -OCH3 is 2. The molecule has 3 N–H and O–H groups in total. The summed E-state index contributed by atoms with van der Waals surface area (Å²) >= 11 is 12.6. The fourth-order valence-electron chi connectivity index (χ4n) is 3.65. The molecule has 202 valence electrons. The highest BCUT2D eigenvalue weighted by molar-refractivity contribution is 6.41. The molecule has 0 atom stereocenters. The molecule has 2 heterocycles. The Bertz CT molecular complexity index is 1210. The number of aromatic nitrogens is 2. The molecule has 1 aromatic heterocycles. The van der Waals surface area contributed by atoms with Crippen LogP contribution in [0.4, 0.5) is 27.8 Å². The third kappa shape index (κ3) is 7.29. The van der Waals surface area contributed by atoms with Gasteiger partial charge in [0, 0.05) is 37.5 Å². The van der Waals surface area contributed by atoms with E-state index in [9.17, 15) is 4.79 Å². The van der Waals surface area contributed by atoms with Crippen molar-refractivity contribution in [2.45, 2.75) is 0 Å². The van der Waals surface area contributed by atoms with Gasteiger partial charge in [-0.2, -0.15) is 0 Å². The van der Waals surface area contributed by atoms with Crippen molar-refractivity contribution in [2.24, 2.45) is 0 Å². The molecule has 2 aromatic carbocycles. The zero-order valence-electron chi connectivity index (χ0n) is 20.9. The fourth-order valence-corrected chi connectivity index (χ4v) is 4.25. The number of halogens is 2. The zero-order chi connectivity index (χ0) is 26.9. The van der Waals surface area contributed by atoms with E-state index in [1.54, 1.807) is 6.07 Å². The van der Waals surface area contributed by atoms with Crippen LogP contribution in [-0.4, -0.2) is 74.6 Å². The molecule has 0 spiro atoms. The quantitative estimate of drug-likeness (QED) is 0.317. The van der Waals surface area contributed by atoms with Crippen LogP contribution >= 0.6 is 23.2 Å². The molecule has 1 fully saturated rings. The molecular formula is C25H28Cl2N6O5. The standard InChI is InChI=1S/C25H28Cl2N6O5/c1-35-18-13-19(36-2)23(27)24(22(18)26)32-25(34)31-21-14-20(28-15-29-21)30-16-3-5-17(6-4-16)38-12-9-33-7-10-37-11-8-33/h3-6,13-15H,7-12H2,1-2H3,(H3,28,29,30,31,32,34). The van der Waals surface area contributed by atoms with E-state index in [0.29, 0.717) is 23.9 Å². The molecule has 1 aliphatic rings. The Labute approximate surface area is 230 Å². The monoisotopic (exact) mass is 562 g/mol. The van der Waals surface area contributed by atoms with Crippen molar-refractivity contribution in [2.75, 3.05) is 69.6 Å². The van der Waals surface area contributed by atoms with Crippen molar-refractivity contribution in [1.82, 2.24) is 14.9 Å². The molecule has 3 aromatic rings. The molecule has 38 heavy (non-hydrogen) atoms. The summed E-state index contributed by atoms with van der Waals surface area (Å²) in [5.41, 5.74) is 0.934. The number of hydrogen-bond acceptors (Lipinski definition) is 9. The molecule has 0 bridgehead atoms. The largest absolute Gasteiger partial charge is 0.495 e. The van der Waals surface area contributed by atoms with Gasteiger partial charge in [-0.05, 0) is 24.3 Å². The first-order valence-corrected chi connectivity index (χ1v) is 12.5. The Morgan fingerprint density at radius 1 is 0.974 bits per heavy atom. The number of nitrogens with zero attached hydrogens (tertiary/aromatic N) is 3. The number of benzene rings is 2. The first-order valence-electron chi connectivity index (χ1n) is 11.8. The molecule has 0 radical (unpaired) electrons. The summed E-state index contributed by atoms with van der Waals surface area (Å²) in [4.78, 5) is 23.3. The SMILES string of the molecule is COc1cc(OC)c(Cl)c(NC(=O)Nc2cc(Nc3ccc(OCCN4CCOCC4)cc3)ncn2)c1Cl. The highest BCUT2D eigenvalue weighted by Gasteiger charge is 2.19. The Kier molecular flexibility index (Phi) is 9.66. The summed E-state index contributed by atoms with van der Waals surface area (Å²) in [6, 6.07) is 10.0. The minimum absolute atomic E-state index is 0.131. The highest BCUT2D eigenvalue weighted by atomic mass is 35.5. The predicted octanol–water partition coefficient (Wildman–Crippen LogP) is 4.90. The number of carbonyl (C=O) groups excluding carboxylic acids is 1. The first kappa shape index (κ1) is 27.5. The van der Waals surface area contributed by atoms with E-state index in [4.69, 9.17) is 42.1 Å². The average Bonchev–Trinajstić information content (AvgIpc) is 2.93. The van der Waals surface area contributed by atoms with E-state index >= 15 is 0 Å². The molecule has 2 amide bonds. The molecular weight excluding hydrogens is 535 g/mol. The lowest BCUT2D eigenvalue weighted by Crippen LogP contribution is -2.38. The molecule has 0 saturated carbocycles. The number of rotatable bonds is 10. The van der Waals surface area contributed by atoms with Crippen molar-refractivity contribution in [3.8, 4) is 17.2 Å². The molecule has 1 saturated heterocycles. The molecule has 0 unspecified atom stereocenters. The molecule has 4 rings (SSSR count). The number of ether oxygens (including phenoxy) is 4. The summed E-state index contributed by atoms with van der Waals surface area (Å²) in [5, 5.41) is 8.68. The van der Waals surface area contributed by atoms with Crippen molar-refractivity contribution in [3.63, 3.8) is 0 Å². The van der Waals surface area contributed by atoms with Crippen LogP contribution < -0.4 is 30.2 Å². The number of nitrogens with one attached hydrogen (secondary N) is 3. The summed E-state index contributed by atoms with van der Waals surface area (Å²) < 4.78 is 21.7. The average molecular weight is 563 g/mol. The summed E-state index contributed by atoms with van der Waals surface area (Å²) in [6.45, 7) is 4.87. The maximum atomic E-state index is 12.7. The van der Waals surface area contributed by atoms with E-state index < -0.39 is 6.03 Å². The van der Waals surface area contributed by atoms with Gasteiger partial charge in [0.2, 0.25) is 0 Å². The minimum Gasteiger partial charge on any atom is -0.495 e. The van der Waals surface area contributed by atoms with Crippen molar-refractivity contribution < 1.29 is 23.7 Å². The maximum absolute atomic E-state index is 12.7.